The van der Waals surface area contributed by atoms with Gasteiger partial charge in [0.25, 0.3) is 11.8 Å². The molecule has 1 aromatic heterocycles. The van der Waals surface area contributed by atoms with Gasteiger partial charge in [-0.3, -0.25) is 19.8 Å². The zero-order valence-corrected chi connectivity index (χ0v) is 20.9. The standard InChI is InChI=1S/C23H16BrClN2O3S2/c1-12-7-13(2)9-15(8-12)27-21(29)18(20(28)26-23(27)31)10-16-11-19(24)22(30-16)32-17-5-3-14(25)4-6-17/h3-11H,1-2H3,(H,26,28,31)/b18-10-. The van der Waals surface area contributed by atoms with Crippen LogP contribution < -0.4 is 10.2 Å². The highest BCUT2D eigenvalue weighted by molar-refractivity contribution is 9.10. The van der Waals surface area contributed by atoms with Crippen LogP contribution in [-0.4, -0.2) is 16.9 Å². The van der Waals surface area contributed by atoms with Crippen LogP contribution in [0.4, 0.5) is 5.69 Å². The second kappa shape index (κ2) is 9.23. The van der Waals surface area contributed by atoms with E-state index in [2.05, 4.69) is 21.2 Å². The Morgan fingerprint density at radius 2 is 1.75 bits per heavy atom. The SMILES string of the molecule is Cc1cc(C)cc(N2C(=O)/C(=C\c3cc(Br)c(Sc4ccc(Cl)cc4)o3)C(=O)NC2=S)c1. The Bertz CT molecular complexity index is 1260. The fraction of sp³-hybridized carbons (Fsp3) is 0.0870. The number of halogens is 2. The Morgan fingerprint density at radius 1 is 1.09 bits per heavy atom. The maximum absolute atomic E-state index is 13.2. The highest BCUT2D eigenvalue weighted by Gasteiger charge is 2.35. The van der Waals surface area contributed by atoms with E-state index in [9.17, 15) is 9.59 Å². The van der Waals surface area contributed by atoms with Crippen molar-refractivity contribution < 1.29 is 14.0 Å². The predicted octanol–water partition coefficient (Wildman–Crippen LogP) is 6.29. The van der Waals surface area contributed by atoms with Gasteiger partial charge in [-0.25, -0.2) is 0 Å². The van der Waals surface area contributed by atoms with Crippen molar-refractivity contribution in [1.82, 2.24) is 5.32 Å². The van der Waals surface area contributed by atoms with Crippen molar-refractivity contribution in [3.63, 3.8) is 0 Å². The molecule has 0 bridgehead atoms. The van der Waals surface area contributed by atoms with Crippen LogP contribution in [0.5, 0.6) is 0 Å². The fourth-order valence-corrected chi connectivity index (χ4v) is 4.97. The molecule has 0 radical (unpaired) electrons. The van der Waals surface area contributed by atoms with Crippen molar-refractivity contribution in [3.05, 3.63) is 80.5 Å². The zero-order valence-electron chi connectivity index (χ0n) is 16.9. The highest BCUT2D eigenvalue weighted by Crippen LogP contribution is 2.37. The van der Waals surface area contributed by atoms with Gasteiger partial charge in [0.1, 0.15) is 11.3 Å². The van der Waals surface area contributed by atoms with E-state index in [1.54, 1.807) is 18.2 Å². The topological polar surface area (TPSA) is 62.6 Å². The molecule has 2 heterocycles. The first kappa shape index (κ1) is 22.8. The lowest BCUT2D eigenvalue weighted by atomic mass is 10.1. The molecule has 2 aromatic carbocycles. The molecular weight excluding hydrogens is 532 g/mol. The number of nitrogens with zero attached hydrogens (tertiary/aromatic N) is 1. The Labute approximate surface area is 207 Å². The molecule has 1 saturated heterocycles. The first-order valence-electron chi connectivity index (χ1n) is 9.44. The lowest BCUT2D eigenvalue weighted by Gasteiger charge is -2.29. The molecule has 162 valence electrons. The van der Waals surface area contributed by atoms with Gasteiger partial charge in [-0.2, -0.15) is 0 Å². The van der Waals surface area contributed by atoms with Crippen LogP contribution in [0, 0.1) is 13.8 Å². The molecule has 1 aliphatic rings. The van der Waals surface area contributed by atoms with Gasteiger partial charge in [-0.15, -0.1) is 0 Å². The molecule has 1 N–H and O–H groups in total. The van der Waals surface area contributed by atoms with Crippen LogP contribution in [0.3, 0.4) is 0 Å². The summed E-state index contributed by atoms with van der Waals surface area (Å²) < 4.78 is 6.58. The maximum atomic E-state index is 13.2. The predicted molar refractivity (Wildman–Crippen MR) is 134 cm³/mol. The number of anilines is 1. The third-order valence-electron chi connectivity index (χ3n) is 4.55. The number of carbonyl (C=O) groups is 2. The van der Waals surface area contributed by atoms with Crippen LogP contribution in [0.2, 0.25) is 5.02 Å². The summed E-state index contributed by atoms with van der Waals surface area (Å²) in [6.45, 7) is 3.87. The van der Waals surface area contributed by atoms with Gasteiger partial charge >= 0.3 is 0 Å². The van der Waals surface area contributed by atoms with Crippen LogP contribution >= 0.6 is 51.5 Å². The number of benzene rings is 2. The van der Waals surface area contributed by atoms with Gasteiger partial charge in [0, 0.05) is 9.92 Å². The summed E-state index contributed by atoms with van der Waals surface area (Å²) in [4.78, 5) is 28.0. The lowest BCUT2D eigenvalue weighted by molar-refractivity contribution is -0.122. The monoisotopic (exact) mass is 546 g/mol. The molecule has 1 fully saturated rings. The zero-order chi connectivity index (χ0) is 23.0. The Kier molecular flexibility index (Phi) is 6.57. The van der Waals surface area contributed by atoms with Crippen LogP contribution in [0.1, 0.15) is 16.9 Å². The fourth-order valence-electron chi connectivity index (χ4n) is 3.23. The van der Waals surface area contributed by atoms with E-state index in [1.807, 2.05) is 44.2 Å². The van der Waals surface area contributed by atoms with E-state index in [1.165, 1.54) is 22.7 Å². The van der Waals surface area contributed by atoms with Crippen molar-refractivity contribution in [1.29, 1.82) is 0 Å². The number of carbonyl (C=O) groups excluding carboxylic acids is 2. The van der Waals surface area contributed by atoms with Gasteiger partial charge in [-0.05, 0) is 102 Å². The molecule has 4 rings (SSSR count). The Morgan fingerprint density at radius 3 is 2.41 bits per heavy atom. The smallest absolute Gasteiger partial charge is 0.270 e. The Balaban J connectivity index is 1.65. The van der Waals surface area contributed by atoms with Crippen LogP contribution in [-0.2, 0) is 9.59 Å². The number of amides is 2. The molecular formula is C23H16BrClN2O3S2. The number of hydrogen-bond donors (Lipinski definition) is 1. The molecule has 0 atom stereocenters. The quantitative estimate of drug-likeness (QED) is 0.236. The van der Waals surface area contributed by atoms with Crippen molar-refractivity contribution >= 4 is 80.2 Å². The maximum Gasteiger partial charge on any atom is 0.270 e. The highest BCUT2D eigenvalue weighted by atomic mass is 79.9. The third-order valence-corrected chi connectivity index (χ3v) is 6.94. The number of furan rings is 1. The molecule has 1 aliphatic heterocycles. The normalized spacial score (nSPS) is 15.4. The average molecular weight is 548 g/mol. The third kappa shape index (κ3) is 4.83. The molecule has 2 amide bonds. The minimum atomic E-state index is -0.569. The van der Waals surface area contributed by atoms with Crippen LogP contribution in [0.25, 0.3) is 6.08 Å². The van der Waals surface area contributed by atoms with E-state index in [-0.39, 0.29) is 10.7 Å². The first-order chi connectivity index (χ1) is 15.2. The molecule has 0 aliphatic carbocycles. The van der Waals surface area contributed by atoms with Crippen molar-refractivity contribution in [2.75, 3.05) is 4.90 Å². The summed E-state index contributed by atoms with van der Waals surface area (Å²) in [5, 5.41) is 3.87. The Hall–Kier alpha value is -2.39. The summed E-state index contributed by atoms with van der Waals surface area (Å²) >= 11 is 16.1. The first-order valence-corrected chi connectivity index (χ1v) is 11.8. The molecule has 0 unspecified atom stereocenters. The number of thiocarbonyl (C=S) groups is 1. The van der Waals surface area contributed by atoms with Crippen LogP contribution in [0.15, 0.2) is 73.0 Å². The minimum Gasteiger partial charge on any atom is -0.449 e. The van der Waals surface area contributed by atoms with Gasteiger partial charge < -0.3 is 4.42 Å². The van der Waals surface area contributed by atoms with Gasteiger partial charge in [-0.1, -0.05) is 29.4 Å². The largest absolute Gasteiger partial charge is 0.449 e. The average Bonchev–Trinajstić information content (AvgIpc) is 3.05. The van der Waals surface area contributed by atoms with E-state index in [0.29, 0.717) is 26.0 Å². The number of nitrogens with one attached hydrogen (secondary N) is 1. The van der Waals surface area contributed by atoms with Gasteiger partial charge in [0.05, 0.1) is 10.2 Å². The van der Waals surface area contributed by atoms with E-state index in [4.69, 9.17) is 28.2 Å². The number of rotatable bonds is 4. The van der Waals surface area contributed by atoms with Crippen molar-refractivity contribution in [2.24, 2.45) is 0 Å². The van der Waals surface area contributed by atoms with E-state index >= 15 is 0 Å². The summed E-state index contributed by atoms with van der Waals surface area (Å²) in [6.07, 6.45) is 1.42. The molecule has 0 saturated carbocycles. The van der Waals surface area contributed by atoms with Crippen molar-refractivity contribution in [2.45, 2.75) is 23.8 Å². The summed E-state index contributed by atoms with van der Waals surface area (Å²) in [7, 11) is 0. The summed E-state index contributed by atoms with van der Waals surface area (Å²) in [5.74, 6) is -0.719. The van der Waals surface area contributed by atoms with Gasteiger partial charge in [0.15, 0.2) is 10.2 Å². The second-order valence-corrected chi connectivity index (χ2v) is 9.87. The molecule has 3 aromatic rings. The molecule has 9 heteroatoms. The lowest BCUT2D eigenvalue weighted by Crippen LogP contribution is -2.54. The van der Waals surface area contributed by atoms with Crippen molar-refractivity contribution in [3.8, 4) is 0 Å². The summed E-state index contributed by atoms with van der Waals surface area (Å²) in [6, 6.07) is 14.7. The molecule has 5 nitrogen and oxygen atoms in total. The summed E-state index contributed by atoms with van der Waals surface area (Å²) in [5.41, 5.74) is 2.50. The molecule has 32 heavy (non-hydrogen) atoms. The number of hydrogen-bond acceptors (Lipinski definition) is 5. The van der Waals surface area contributed by atoms with Gasteiger partial charge in [0.2, 0.25) is 0 Å². The van der Waals surface area contributed by atoms with E-state index < -0.39 is 11.8 Å². The number of aryl methyl sites for hydroxylation is 2. The minimum absolute atomic E-state index is 0.0433. The van der Waals surface area contributed by atoms with E-state index in [0.717, 1.165) is 16.0 Å². The second-order valence-electron chi connectivity index (χ2n) is 7.14. The molecule has 0 spiro atoms.